The normalized spacial score (nSPS) is 21.4. The number of hydrogen-bond acceptors (Lipinski definition) is 26. The lowest BCUT2D eigenvalue weighted by atomic mass is 9.49. The van der Waals surface area contributed by atoms with E-state index in [4.69, 9.17) is 46.9 Å². The minimum atomic E-state index is -0.754. The second-order valence-electron chi connectivity index (χ2n) is 40.9. The van der Waals surface area contributed by atoms with Crippen LogP contribution in [0.1, 0.15) is 166 Å². The van der Waals surface area contributed by atoms with E-state index in [0.717, 1.165) is 86.4 Å². The van der Waals surface area contributed by atoms with E-state index in [1.807, 2.05) is 211 Å². The number of ether oxygens (including phenoxy) is 4. The molecule has 7 aliphatic heterocycles. The summed E-state index contributed by atoms with van der Waals surface area (Å²) in [4.78, 5) is 85.5. The zero-order valence-corrected chi connectivity index (χ0v) is 88.1. The lowest BCUT2D eigenvalue weighted by Gasteiger charge is -2.32. The van der Waals surface area contributed by atoms with Crippen molar-refractivity contribution >= 4 is 145 Å². The Bertz CT molecular complexity index is 7590. The Kier molecular flexibility index (Phi) is 33.1. The van der Waals surface area contributed by atoms with Gasteiger partial charge in [-0.1, -0.05) is 129 Å². The number of hydrogen-bond donors (Lipinski definition) is 4. The number of rotatable bonds is 11. The number of fused-ring (bicyclic) bond motifs is 12. The number of halogens is 6. The molecule has 0 aliphatic carbocycles. The molecule has 0 amide bonds. The van der Waals surface area contributed by atoms with Gasteiger partial charge in [-0.25, -0.2) is 39.9 Å². The zero-order chi connectivity index (χ0) is 106. The van der Waals surface area contributed by atoms with E-state index in [1.54, 1.807) is 36.9 Å². The third-order valence-electron chi connectivity index (χ3n) is 29.4. The summed E-state index contributed by atoms with van der Waals surface area (Å²) in [5.74, 6) is -1.90. The molecule has 30 nitrogen and oxygen atoms in total. The Balaban J connectivity index is 0.000000123. The number of pyridine rings is 4. The number of nitrogens with zero attached hydrogens (tertiary/aromatic N) is 12. The Morgan fingerprint density at radius 2 is 0.611 bits per heavy atom. The van der Waals surface area contributed by atoms with Crippen molar-refractivity contribution in [2.75, 3.05) is 52.9 Å². The molecule has 0 bridgehead atoms. The van der Waals surface area contributed by atoms with E-state index in [-0.39, 0.29) is 95.2 Å². The molecule has 149 heavy (non-hydrogen) atoms. The van der Waals surface area contributed by atoms with E-state index in [1.165, 1.54) is 80.0 Å². The van der Waals surface area contributed by atoms with Gasteiger partial charge in [-0.05, 0) is 262 Å². The lowest BCUT2D eigenvalue weighted by molar-refractivity contribution is -0.0395. The van der Waals surface area contributed by atoms with Gasteiger partial charge in [0.25, 0.3) is 22.2 Å². The molecule has 0 spiro atoms. The molecule has 0 radical (unpaired) electrons. The van der Waals surface area contributed by atoms with Crippen molar-refractivity contribution in [2.24, 2.45) is 0 Å². The summed E-state index contributed by atoms with van der Waals surface area (Å²) in [5.41, 5.74) is 5.43. The maximum Gasteiger partial charge on any atom is 0.495 e. The highest BCUT2D eigenvalue weighted by Crippen LogP contribution is 2.45. The molecular weight excluding hydrogens is 2050 g/mol. The van der Waals surface area contributed by atoms with Gasteiger partial charge in [-0.15, -0.1) is 0 Å². The first-order chi connectivity index (χ1) is 71.1. The van der Waals surface area contributed by atoms with Crippen LogP contribution >= 0.6 is 31.9 Å². The van der Waals surface area contributed by atoms with Crippen LogP contribution in [0.2, 0.25) is 0 Å². The van der Waals surface area contributed by atoms with Crippen molar-refractivity contribution in [1.29, 1.82) is 0 Å². The molecule has 7 aliphatic rings. The van der Waals surface area contributed by atoms with Crippen molar-refractivity contribution in [3.05, 3.63) is 323 Å². The fourth-order valence-electron chi connectivity index (χ4n) is 19.1. The zero-order valence-electron chi connectivity index (χ0n) is 84.9. The van der Waals surface area contributed by atoms with Crippen LogP contribution in [-0.2, 0) is 65.0 Å². The predicted molar refractivity (Wildman–Crippen MR) is 571 cm³/mol. The Morgan fingerprint density at radius 3 is 0.919 bits per heavy atom. The van der Waals surface area contributed by atoms with Crippen LogP contribution in [0.4, 0.5) is 17.6 Å². The average molecular weight is 2160 g/mol. The highest BCUT2D eigenvalue weighted by Gasteiger charge is 2.64. The van der Waals surface area contributed by atoms with Crippen molar-refractivity contribution in [3.63, 3.8) is 0 Å². The molecule has 0 unspecified atom stereocenters. The van der Waals surface area contributed by atoms with Gasteiger partial charge >= 0.3 is 21.1 Å². The second kappa shape index (κ2) is 45.4. The van der Waals surface area contributed by atoms with Crippen LogP contribution in [0.25, 0.3) is 86.7 Å². The molecular formula is C110H117B3Br2F4N12O18. The summed E-state index contributed by atoms with van der Waals surface area (Å²) in [6.45, 7) is 29.0. The SMILES string of the molecule is CC1(C)OB(B2OC(C)(C)C(C)(C)O2)OC1(C)C.CC1(C)OB(c2cc3c(=O)n([C@H]4CCOC[C@@H]4O)cnc3c3ccccc23)OC1(C)C.Cc1ccnc(F)c1.Fc1cc(CBr)ccn1.O=c1c2cc(Br)c3ccccc3c2ncn1[C@H]1CCOC[C@@H]1O.O=c1c2cc(Cc3ccnc(F)c3)c3ccccc3c2ncn1[C@H]1CCOC[C@@H]1O.O=c1c2cc(Cc3ccnc(F)c3)c3ccccc3c2ncn1[C@H]1CCOC[C@@H]1O. The summed E-state index contributed by atoms with van der Waals surface area (Å²) in [6.07, 6.45) is 12.2. The van der Waals surface area contributed by atoms with Gasteiger partial charge in [-0.2, -0.15) is 17.6 Å². The maximum atomic E-state index is 13.6. The van der Waals surface area contributed by atoms with Crippen molar-refractivity contribution < 1.29 is 84.9 Å². The van der Waals surface area contributed by atoms with Crippen molar-refractivity contribution in [1.82, 2.24) is 58.1 Å². The molecule has 16 aromatic rings. The number of aromatic nitrogens is 12. The van der Waals surface area contributed by atoms with Crippen LogP contribution in [0.3, 0.4) is 0 Å². The summed E-state index contributed by atoms with van der Waals surface area (Å²) < 4.78 is 116. The third-order valence-corrected chi connectivity index (χ3v) is 30.7. The molecule has 7 fully saturated rings. The predicted octanol–water partition coefficient (Wildman–Crippen LogP) is 16.7. The van der Waals surface area contributed by atoms with E-state index in [2.05, 4.69) is 71.7 Å². The molecule has 39 heteroatoms. The van der Waals surface area contributed by atoms with E-state index < -0.39 is 80.5 Å². The van der Waals surface area contributed by atoms with Gasteiger partial charge < -0.3 is 67.3 Å². The summed E-state index contributed by atoms with van der Waals surface area (Å²) in [7, 11) is -1.55. The van der Waals surface area contributed by atoms with Crippen molar-refractivity contribution in [2.45, 2.75) is 216 Å². The number of aryl methyl sites for hydroxylation is 1. The first kappa shape index (κ1) is 109. The molecule has 8 aromatic carbocycles. The number of aliphatic hydroxyl groups excluding tert-OH is 4. The highest BCUT2D eigenvalue weighted by atomic mass is 79.9. The Hall–Kier alpha value is -11.7. The maximum absolute atomic E-state index is 13.6. The quantitative estimate of drug-likeness (QED) is 0.0307. The Labute approximate surface area is 874 Å². The highest BCUT2D eigenvalue weighted by molar-refractivity contribution is 9.10. The van der Waals surface area contributed by atoms with Gasteiger partial charge in [0.1, 0.15) is 0 Å². The molecule has 8 aromatic heterocycles. The smallest absolute Gasteiger partial charge is 0.405 e. The molecule has 7 saturated heterocycles. The van der Waals surface area contributed by atoms with E-state index in [0.29, 0.717) is 114 Å². The fraction of sp³-hybridized carbons (Fsp3) is 0.382. The molecule has 0 saturated carbocycles. The van der Waals surface area contributed by atoms with Gasteiger partial charge in [0.05, 0.1) is 178 Å². The topological polar surface area (TPSA) is 364 Å². The van der Waals surface area contributed by atoms with Crippen LogP contribution in [0.15, 0.2) is 244 Å². The Morgan fingerprint density at radius 1 is 0.336 bits per heavy atom. The van der Waals surface area contributed by atoms with Gasteiger partial charge in [-0.3, -0.25) is 37.4 Å². The summed E-state index contributed by atoms with van der Waals surface area (Å²) in [6, 6.07) is 49.8. The van der Waals surface area contributed by atoms with E-state index in [9.17, 15) is 57.2 Å². The molecule has 776 valence electrons. The lowest BCUT2D eigenvalue weighted by Crippen LogP contribution is -2.41. The molecule has 23 rings (SSSR count). The minimum Gasteiger partial charge on any atom is -0.405 e. The van der Waals surface area contributed by atoms with Crippen LogP contribution in [0, 0.1) is 30.7 Å². The first-order valence-corrected chi connectivity index (χ1v) is 51.4. The molecule has 4 N–H and O–H groups in total. The fourth-order valence-corrected chi connectivity index (χ4v) is 20.1. The molecule has 15 heterocycles. The van der Waals surface area contributed by atoms with Gasteiger partial charge in [0, 0.05) is 82.6 Å². The minimum absolute atomic E-state index is 0.132. The van der Waals surface area contributed by atoms with Crippen LogP contribution in [-0.4, -0.2) is 211 Å². The first-order valence-electron chi connectivity index (χ1n) is 49.5. The number of alkyl halides is 1. The van der Waals surface area contributed by atoms with Crippen molar-refractivity contribution in [3.8, 4) is 0 Å². The average Bonchev–Trinajstić information content (AvgIpc) is 1.71. The standard InChI is InChI=1S/C23H27BN2O5.2C23H20FN3O3.C17H15BrN2O3.C12H24B2O4.C6H5BrFN.C6H6FN/c1-22(2)23(3,4)31-24(30-22)17-11-16-20(15-8-6-5-7-14(15)17)25-13-26(21(16)28)18-9-10-29-12-19(18)27;2*24-21-10-14(5-7-25-21)9-15-11-18-22(17-4-2-1-3-16(15)17)26-13-27(23(18)29)19-6-8-30-12-20(19)28;18-13-7-12-16(11-4-2-1-3-10(11)13)19-9-20(17(12)22)14-5-6-23-8-15(14)21;1-9(2)10(3,4)16-13(15-9)14-17-11(5,6)12(7,8)18-14;7-4-5-1-2-9-6(8)3-5;1-5-2-3-8-6(7)4-5/h5-8,11,13,18-19,27H,9-10,12H2,1-4H3;2*1-5,7,10-11,13,19-20,28H,6,8-9,12H2;1-4,7,9,14-15,21H,5-6,8H2;1-8H3;1-3H,4H2;2-4H,1H3/t18-,19-;2*19-,20-;14-,15-;;;/m0000.../s1. The molecule has 8 atom stereocenters. The number of aliphatic hydroxyl groups is 4. The van der Waals surface area contributed by atoms with Gasteiger partial charge in [0.15, 0.2) is 0 Å². The van der Waals surface area contributed by atoms with Crippen LogP contribution in [0.5, 0.6) is 0 Å². The second-order valence-corrected chi connectivity index (χ2v) is 42.3. The largest absolute Gasteiger partial charge is 0.495 e. The number of benzene rings is 8. The van der Waals surface area contributed by atoms with Crippen LogP contribution < -0.4 is 27.7 Å². The monoisotopic (exact) mass is 2160 g/mol. The summed E-state index contributed by atoms with van der Waals surface area (Å²) >= 11 is 6.74. The van der Waals surface area contributed by atoms with E-state index >= 15 is 0 Å². The third kappa shape index (κ3) is 23.5. The van der Waals surface area contributed by atoms with Gasteiger partial charge in [0.2, 0.25) is 23.8 Å². The summed E-state index contributed by atoms with van der Waals surface area (Å²) in [5, 5.41) is 51.3.